The normalized spacial score (nSPS) is 11.2. The molecule has 1 N–H and O–H groups in total. The molecule has 0 radical (unpaired) electrons. The molecule has 11 heteroatoms. The molecule has 0 saturated heterocycles. The van der Waals surface area contributed by atoms with Gasteiger partial charge in [0.2, 0.25) is 15.9 Å². The Morgan fingerprint density at radius 3 is 2.21 bits per heavy atom. The fourth-order valence-electron chi connectivity index (χ4n) is 2.32. The second-order valence-corrected chi connectivity index (χ2v) is 8.24. The predicted octanol–water partition coefficient (Wildman–Crippen LogP) is 2.26. The van der Waals surface area contributed by atoms with E-state index in [2.05, 4.69) is 15.5 Å². The van der Waals surface area contributed by atoms with E-state index in [0.29, 0.717) is 5.89 Å². The van der Waals surface area contributed by atoms with E-state index in [1.165, 1.54) is 24.3 Å². The minimum atomic E-state index is -3.89. The zero-order valence-electron chi connectivity index (χ0n) is 16.0. The maximum Gasteiger partial charge on any atom is 0.322 e. The Bertz CT molecular complexity index is 1010. The molecule has 1 aromatic heterocycles. The van der Waals surface area contributed by atoms with Gasteiger partial charge >= 0.3 is 6.01 Å². The van der Waals surface area contributed by atoms with Gasteiger partial charge in [0, 0.05) is 37.4 Å². The van der Waals surface area contributed by atoms with E-state index in [1.807, 2.05) is 26.0 Å². The van der Waals surface area contributed by atoms with E-state index in [4.69, 9.17) is 14.9 Å². The van der Waals surface area contributed by atoms with Crippen LogP contribution in [-0.4, -0.2) is 41.9 Å². The summed E-state index contributed by atoms with van der Waals surface area (Å²) in [5.74, 6) is -0.127. The number of nitrogens with one attached hydrogen (secondary N) is 1. The van der Waals surface area contributed by atoms with E-state index in [9.17, 15) is 13.2 Å². The van der Waals surface area contributed by atoms with Crippen molar-refractivity contribution in [3.8, 4) is 12.1 Å². The van der Waals surface area contributed by atoms with Crippen molar-refractivity contribution in [2.24, 2.45) is 0 Å². The maximum atomic E-state index is 12.8. The van der Waals surface area contributed by atoms with Gasteiger partial charge < -0.3 is 4.42 Å². The van der Waals surface area contributed by atoms with Crippen molar-refractivity contribution in [2.75, 3.05) is 18.4 Å². The quantitative estimate of drug-likeness (QED) is 0.653. The van der Waals surface area contributed by atoms with Crippen LogP contribution < -0.4 is 5.32 Å². The summed E-state index contributed by atoms with van der Waals surface area (Å²) in [5, 5.41) is 27.5. The fraction of sp³-hybridized carbons (Fsp3) is 0.389. The maximum absolute atomic E-state index is 12.8. The molecule has 0 aliphatic carbocycles. The molecule has 0 bridgehead atoms. The van der Waals surface area contributed by atoms with E-state index in [1.54, 1.807) is 0 Å². The first-order valence-corrected chi connectivity index (χ1v) is 10.2. The van der Waals surface area contributed by atoms with Crippen molar-refractivity contribution in [1.82, 2.24) is 14.5 Å². The van der Waals surface area contributed by atoms with Crippen LogP contribution in [0.1, 0.15) is 48.9 Å². The van der Waals surface area contributed by atoms with Crippen LogP contribution in [0, 0.1) is 22.7 Å². The number of carbonyl (C=O) groups is 1. The van der Waals surface area contributed by atoms with Crippen molar-refractivity contribution in [1.29, 1.82) is 10.5 Å². The number of nitrogens with zero attached hydrogens (tertiary/aromatic N) is 5. The van der Waals surface area contributed by atoms with Gasteiger partial charge in [0.25, 0.3) is 5.91 Å². The molecule has 1 heterocycles. The van der Waals surface area contributed by atoms with Gasteiger partial charge in [-0.15, -0.1) is 5.10 Å². The van der Waals surface area contributed by atoms with Crippen LogP contribution in [0.4, 0.5) is 6.01 Å². The van der Waals surface area contributed by atoms with Crippen molar-refractivity contribution >= 4 is 21.9 Å². The zero-order valence-corrected chi connectivity index (χ0v) is 16.8. The van der Waals surface area contributed by atoms with Crippen molar-refractivity contribution in [2.45, 2.75) is 37.5 Å². The van der Waals surface area contributed by atoms with Gasteiger partial charge in [-0.2, -0.15) is 14.8 Å². The van der Waals surface area contributed by atoms with E-state index in [0.717, 1.165) is 4.31 Å². The fourth-order valence-corrected chi connectivity index (χ4v) is 3.76. The molecule has 1 amide bonds. The molecule has 152 valence electrons. The molecule has 0 aliphatic heterocycles. The lowest BCUT2D eigenvalue weighted by atomic mass is 10.2. The summed E-state index contributed by atoms with van der Waals surface area (Å²) in [4.78, 5) is 12.3. The monoisotopic (exact) mass is 416 g/mol. The molecule has 0 aliphatic rings. The average Bonchev–Trinajstić information content (AvgIpc) is 3.17. The first kappa shape index (κ1) is 22.0. The highest BCUT2D eigenvalue weighted by Gasteiger charge is 2.24. The number of rotatable bonds is 9. The summed E-state index contributed by atoms with van der Waals surface area (Å²) in [5.41, 5.74) is 0.203. The van der Waals surface area contributed by atoms with Crippen LogP contribution in [0.2, 0.25) is 0 Å². The highest BCUT2D eigenvalue weighted by Crippen LogP contribution is 2.19. The number of hydrogen-bond donors (Lipinski definition) is 1. The van der Waals surface area contributed by atoms with Gasteiger partial charge in [-0.3, -0.25) is 10.1 Å². The number of aromatic nitrogens is 2. The Morgan fingerprint density at radius 1 is 1.14 bits per heavy atom. The van der Waals surface area contributed by atoms with Crippen LogP contribution in [-0.2, 0) is 10.0 Å². The van der Waals surface area contributed by atoms with Gasteiger partial charge in [-0.1, -0.05) is 18.9 Å². The standard InChI is InChI=1S/C18H20N6O4S/c1-13(2)17-22-23-18(28-17)21-16(25)14-5-7-15(8-6-14)29(26,27)24(11-3-9-19)12-4-10-20/h5-8,13H,3-4,11-12H2,1-2H3,(H,21,23,25). The molecule has 1 aromatic carbocycles. The second-order valence-electron chi connectivity index (χ2n) is 6.30. The lowest BCUT2D eigenvalue weighted by molar-refractivity contribution is 0.102. The number of hydrogen-bond acceptors (Lipinski definition) is 8. The SMILES string of the molecule is CC(C)c1nnc(NC(=O)c2ccc(S(=O)(=O)N(CCC#N)CCC#N)cc2)o1. The summed E-state index contributed by atoms with van der Waals surface area (Å²) < 4.78 is 31.9. The van der Waals surface area contributed by atoms with Crippen molar-refractivity contribution in [3.05, 3.63) is 35.7 Å². The van der Waals surface area contributed by atoms with E-state index in [-0.39, 0.29) is 48.3 Å². The van der Waals surface area contributed by atoms with E-state index >= 15 is 0 Å². The van der Waals surface area contributed by atoms with Gasteiger partial charge in [0.15, 0.2) is 0 Å². The number of carbonyl (C=O) groups excluding carboxylic acids is 1. The molecule has 2 rings (SSSR count). The molecule has 0 unspecified atom stereocenters. The topological polar surface area (TPSA) is 153 Å². The van der Waals surface area contributed by atoms with Crippen LogP contribution in [0.15, 0.2) is 33.6 Å². The first-order chi connectivity index (χ1) is 13.8. The first-order valence-electron chi connectivity index (χ1n) is 8.78. The Hall–Kier alpha value is -3.28. The summed E-state index contributed by atoms with van der Waals surface area (Å²) >= 11 is 0. The van der Waals surface area contributed by atoms with Crippen LogP contribution in [0.25, 0.3) is 0 Å². The minimum absolute atomic E-state index is 0.00763. The molecule has 2 aromatic rings. The van der Waals surface area contributed by atoms with Gasteiger partial charge in [-0.05, 0) is 24.3 Å². The molecule has 0 fully saturated rings. The lowest BCUT2D eigenvalue weighted by Crippen LogP contribution is -2.32. The molecule has 29 heavy (non-hydrogen) atoms. The third-order valence-corrected chi connectivity index (χ3v) is 5.77. The number of sulfonamides is 1. The number of nitriles is 2. The van der Waals surface area contributed by atoms with Gasteiger partial charge in [0.1, 0.15) is 0 Å². The minimum Gasteiger partial charge on any atom is -0.408 e. The van der Waals surface area contributed by atoms with Gasteiger partial charge in [0.05, 0.1) is 17.0 Å². The van der Waals surface area contributed by atoms with Crippen LogP contribution in [0.5, 0.6) is 0 Å². The van der Waals surface area contributed by atoms with Gasteiger partial charge in [-0.25, -0.2) is 8.42 Å². The lowest BCUT2D eigenvalue weighted by Gasteiger charge is -2.20. The number of amides is 1. The largest absolute Gasteiger partial charge is 0.408 e. The van der Waals surface area contributed by atoms with E-state index < -0.39 is 15.9 Å². The Morgan fingerprint density at radius 2 is 1.72 bits per heavy atom. The molecular weight excluding hydrogens is 396 g/mol. The Labute approximate surface area is 168 Å². The Balaban J connectivity index is 2.15. The Kier molecular flexibility index (Phi) is 7.42. The third-order valence-electron chi connectivity index (χ3n) is 3.86. The summed E-state index contributed by atoms with van der Waals surface area (Å²) in [6, 6.07) is 9.04. The molecular formula is C18H20N6O4S. The van der Waals surface area contributed by atoms with Crippen LogP contribution in [0.3, 0.4) is 0 Å². The number of benzene rings is 1. The second kappa shape index (κ2) is 9.78. The average molecular weight is 416 g/mol. The molecule has 0 spiro atoms. The summed E-state index contributed by atoms with van der Waals surface area (Å²) in [7, 11) is -3.89. The van der Waals surface area contributed by atoms with Crippen LogP contribution >= 0.6 is 0 Å². The predicted molar refractivity (Wildman–Crippen MR) is 102 cm³/mol. The highest BCUT2D eigenvalue weighted by molar-refractivity contribution is 7.89. The summed E-state index contributed by atoms with van der Waals surface area (Å²) in [6.07, 6.45) is 0.0153. The van der Waals surface area contributed by atoms with Crippen molar-refractivity contribution < 1.29 is 17.6 Å². The molecule has 0 saturated carbocycles. The zero-order chi connectivity index (χ0) is 21.4. The highest BCUT2D eigenvalue weighted by atomic mass is 32.2. The summed E-state index contributed by atoms with van der Waals surface area (Å²) in [6.45, 7) is 3.71. The van der Waals surface area contributed by atoms with Crippen molar-refractivity contribution in [3.63, 3.8) is 0 Å². The molecule has 10 nitrogen and oxygen atoms in total. The number of anilines is 1. The smallest absolute Gasteiger partial charge is 0.322 e. The third kappa shape index (κ3) is 5.60. The molecule has 0 atom stereocenters.